The maximum absolute atomic E-state index is 13.5. The number of aromatic nitrogens is 1. The third-order valence-corrected chi connectivity index (χ3v) is 2.70. The largest absolute Gasteiger partial charge is 0.573 e. The second-order valence-corrected chi connectivity index (χ2v) is 4.41. The lowest BCUT2D eigenvalue weighted by Crippen LogP contribution is -2.17. The number of pyridine rings is 1. The van der Waals surface area contributed by atoms with Gasteiger partial charge in [0.25, 0.3) is 5.56 Å². The second kappa shape index (κ2) is 5.52. The Kier molecular flexibility index (Phi) is 3.91. The summed E-state index contributed by atoms with van der Waals surface area (Å²) < 4.78 is 53.9. The van der Waals surface area contributed by atoms with Gasteiger partial charge in [0, 0.05) is 17.3 Å². The van der Waals surface area contributed by atoms with E-state index in [1.54, 1.807) is 6.07 Å². The van der Waals surface area contributed by atoms with Crippen molar-refractivity contribution in [1.29, 1.82) is 5.26 Å². The maximum atomic E-state index is 13.5. The first kappa shape index (κ1) is 15.6. The summed E-state index contributed by atoms with van der Waals surface area (Å²) in [6, 6.07) is 5.40. The van der Waals surface area contributed by atoms with Crippen molar-refractivity contribution >= 4 is 0 Å². The quantitative estimate of drug-likeness (QED) is 0.866. The van der Waals surface area contributed by atoms with E-state index in [9.17, 15) is 22.4 Å². The lowest BCUT2D eigenvalue weighted by molar-refractivity contribution is -0.274. The molecule has 0 saturated carbocycles. The summed E-state index contributed by atoms with van der Waals surface area (Å²) in [5, 5.41) is 9.00. The predicted molar refractivity (Wildman–Crippen MR) is 68.6 cm³/mol. The van der Waals surface area contributed by atoms with Gasteiger partial charge in [0.05, 0.1) is 0 Å². The van der Waals surface area contributed by atoms with Crippen molar-refractivity contribution in [3.63, 3.8) is 0 Å². The molecule has 1 aromatic carbocycles. The Morgan fingerprint density at radius 2 is 1.91 bits per heavy atom. The van der Waals surface area contributed by atoms with E-state index >= 15 is 0 Å². The summed E-state index contributed by atoms with van der Waals surface area (Å²) in [4.78, 5) is 14.1. The first-order valence-electron chi connectivity index (χ1n) is 5.90. The topological polar surface area (TPSA) is 65.9 Å². The van der Waals surface area contributed by atoms with E-state index in [1.165, 1.54) is 13.0 Å². The highest BCUT2D eigenvalue weighted by molar-refractivity contribution is 5.71. The molecule has 0 spiro atoms. The molecule has 0 fully saturated rings. The van der Waals surface area contributed by atoms with Gasteiger partial charge in [0.15, 0.2) is 0 Å². The molecule has 0 radical (unpaired) electrons. The SMILES string of the molecule is Cc1cc(-c2cc(F)cc(OC(F)(F)F)c2)c(C#N)c(=O)[nH]1. The van der Waals surface area contributed by atoms with Crippen LogP contribution in [0.5, 0.6) is 5.75 Å². The average Bonchev–Trinajstić information content (AvgIpc) is 2.35. The number of benzene rings is 1. The molecule has 1 aromatic heterocycles. The molecule has 22 heavy (non-hydrogen) atoms. The van der Waals surface area contributed by atoms with Crippen LogP contribution in [0.1, 0.15) is 11.3 Å². The van der Waals surface area contributed by atoms with Gasteiger partial charge in [0.1, 0.15) is 23.2 Å². The number of hydrogen-bond donors (Lipinski definition) is 1. The number of alkyl halides is 3. The van der Waals surface area contributed by atoms with Crippen molar-refractivity contribution in [3.8, 4) is 22.9 Å². The zero-order valence-electron chi connectivity index (χ0n) is 11.1. The number of aryl methyl sites for hydroxylation is 1. The molecule has 114 valence electrons. The smallest absolute Gasteiger partial charge is 0.406 e. The molecular formula is C14H8F4N2O2. The molecule has 0 bridgehead atoms. The molecule has 2 aromatic rings. The van der Waals surface area contributed by atoms with Crippen LogP contribution in [0.4, 0.5) is 17.6 Å². The number of H-pyrrole nitrogens is 1. The molecule has 0 aliphatic heterocycles. The summed E-state index contributed by atoms with van der Waals surface area (Å²) in [5.41, 5.74) is -0.698. The van der Waals surface area contributed by atoms with Gasteiger partial charge in [-0.25, -0.2) is 4.39 Å². The molecule has 0 aliphatic rings. The van der Waals surface area contributed by atoms with Gasteiger partial charge < -0.3 is 9.72 Å². The van der Waals surface area contributed by atoms with E-state index in [0.29, 0.717) is 11.8 Å². The number of nitrogens with one attached hydrogen (secondary N) is 1. The maximum Gasteiger partial charge on any atom is 0.573 e. The lowest BCUT2D eigenvalue weighted by atomic mass is 10.0. The van der Waals surface area contributed by atoms with Gasteiger partial charge in [-0.2, -0.15) is 5.26 Å². The van der Waals surface area contributed by atoms with Crippen LogP contribution in [0.2, 0.25) is 0 Å². The zero-order chi connectivity index (χ0) is 16.5. The van der Waals surface area contributed by atoms with Crippen molar-refractivity contribution in [2.45, 2.75) is 13.3 Å². The van der Waals surface area contributed by atoms with Crippen molar-refractivity contribution in [1.82, 2.24) is 4.98 Å². The van der Waals surface area contributed by atoms with E-state index in [4.69, 9.17) is 5.26 Å². The van der Waals surface area contributed by atoms with Crippen LogP contribution in [-0.4, -0.2) is 11.3 Å². The van der Waals surface area contributed by atoms with Crippen molar-refractivity contribution in [2.24, 2.45) is 0 Å². The summed E-state index contributed by atoms with van der Waals surface area (Å²) in [6.45, 7) is 1.53. The molecule has 4 nitrogen and oxygen atoms in total. The van der Waals surface area contributed by atoms with Crippen LogP contribution in [0.25, 0.3) is 11.1 Å². The number of hydrogen-bond acceptors (Lipinski definition) is 3. The Balaban J connectivity index is 2.64. The molecule has 0 saturated heterocycles. The molecule has 0 aliphatic carbocycles. The van der Waals surface area contributed by atoms with Gasteiger partial charge in [-0.15, -0.1) is 13.2 Å². The molecular weight excluding hydrogens is 304 g/mol. The number of nitrogens with zero attached hydrogens (tertiary/aromatic N) is 1. The number of halogens is 4. The van der Waals surface area contributed by atoms with E-state index in [1.807, 2.05) is 0 Å². The highest BCUT2D eigenvalue weighted by Crippen LogP contribution is 2.30. The Labute approximate surface area is 121 Å². The van der Waals surface area contributed by atoms with E-state index in [0.717, 1.165) is 12.1 Å². The van der Waals surface area contributed by atoms with E-state index in [2.05, 4.69) is 9.72 Å². The van der Waals surface area contributed by atoms with E-state index in [-0.39, 0.29) is 16.7 Å². The highest BCUT2D eigenvalue weighted by atomic mass is 19.4. The zero-order valence-corrected chi connectivity index (χ0v) is 11.1. The molecule has 0 unspecified atom stereocenters. The Bertz CT molecular complexity index is 819. The van der Waals surface area contributed by atoms with Crippen LogP contribution in [0.3, 0.4) is 0 Å². The van der Waals surface area contributed by atoms with Crippen LogP contribution in [0.15, 0.2) is 29.1 Å². The molecule has 0 amide bonds. The second-order valence-electron chi connectivity index (χ2n) is 4.41. The highest BCUT2D eigenvalue weighted by Gasteiger charge is 2.31. The molecule has 0 atom stereocenters. The van der Waals surface area contributed by atoms with Crippen molar-refractivity contribution in [2.75, 3.05) is 0 Å². The lowest BCUT2D eigenvalue weighted by Gasteiger charge is -2.11. The minimum absolute atomic E-state index is 0.0234. The normalized spacial score (nSPS) is 11.1. The fraction of sp³-hybridized carbons (Fsp3) is 0.143. The van der Waals surface area contributed by atoms with E-state index < -0.39 is 23.5 Å². The molecule has 1 N–H and O–H groups in total. The average molecular weight is 312 g/mol. The fourth-order valence-electron chi connectivity index (χ4n) is 1.94. The predicted octanol–water partition coefficient (Wildman–Crippen LogP) is 3.26. The summed E-state index contributed by atoms with van der Waals surface area (Å²) in [7, 11) is 0. The summed E-state index contributed by atoms with van der Waals surface area (Å²) >= 11 is 0. The van der Waals surface area contributed by atoms with Gasteiger partial charge in [-0.3, -0.25) is 4.79 Å². The third-order valence-electron chi connectivity index (χ3n) is 2.70. The van der Waals surface area contributed by atoms with Gasteiger partial charge >= 0.3 is 6.36 Å². The van der Waals surface area contributed by atoms with Crippen molar-refractivity contribution < 1.29 is 22.3 Å². The van der Waals surface area contributed by atoms with Crippen LogP contribution in [0, 0.1) is 24.1 Å². The molecule has 1 heterocycles. The Morgan fingerprint density at radius 3 is 2.50 bits per heavy atom. The Morgan fingerprint density at radius 1 is 1.23 bits per heavy atom. The van der Waals surface area contributed by atoms with Gasteiger partial charge in [-0.05, 0) is 30.7 Å². The first-order valence-corrected chi connectivity index (χ1v) is 5.90. The summed E-state index contributed by atoms with van der Waals surface area (Å²) in [6.07, 6.45) is -4.98. The summed E-state index contributed by atoms with van der Waals surface area (Å²) in [5.74, 6) is -1.76. The minimum Gasteiger partial charge on any atom is -0.406 e. The first-order chi connectivity index (χ1) is 10.2. The number of ether oxygens (including phenoxy) is 1. The minimum atomic E-state index is -4.98. The van der Waals surface area contributed by atoms with Crippen LogP contribution in [-0.2, 0) is 0 Å². The molecule has 8 heteroatoms. The number of rotatable bonds is 2. The van der Waals surface area contributed by atoms with Gasteiger partial charge in [-0.1, -0.05) is 0 Å². The van der Waals surface area contributed by atoms with Crippen LogP contribution < -0.4 is 10.3 Å². The fourth-order valence-corrected chi connectivity index (χ4v) is 1.94. The molecule has 2 rings (SSSR count). The number of nitriles is 1. The standard InChI is InChI=1S/C14H8F4N2O2/c1-7-2-11(12(6-19)13(21)20-7)8-3-9(15)5-10(4-8)22-14(16,17)18/h2-5H,1H3,(H,20,21). The third kappa shape index (κ3) is 3.44. The van der Waals surface area contributed by atoms with Crippen molar-refractivity contribution in [3.05, 3.63) is 51.7 Å². The van der Waals surface area contributed by atoms with Gasteiger partial charge in [0.2, 0.25) is 0 Å². The van der Waals surface area contributed by atoms with Crippen LogP contribution >= 0.6 is 0 Å². The Hall–Kier alpha value is -2.82. The number of aromatic amines is 1. The monoisotopic (exact) mass is 312 g/mol.